The van der Waals surface area contributed by atoms with Crippen LogP contribution in [0.4, 0.5) is 0 Å². The van der Waals surface area contributed by atoms with Gasteiger partial charge in [-0.3, -0.25) is 0 Å². The Morgan fingerprint density at radius 1 is 1.25 bits per heavy atom. The van der Waals surface area contributed by atoms with Gasteiger partial charge in [0.05, 0.1) is 0 Å². The van der Waals surface area contributed by atoms with Crippen LogP contribution in [0.5, 0.6) is 5.75 Å². The number of benzene rings is 1. The van der Waals surface area contributed by atoms with Crippen LogP contribution in [0.1, 0.15) is 24.0 Å². The second-order valence-corrected chi connectivity index (χ2v) is 5.18. The minimum atomic E-state index is 0.370. The van der Waals surface area contributed by atoms with Crippen LogP contribution in [0.3, 0.4) is 0 Å². The van der Waals surface area contributed by atoms with Crippen LogP contribution in [-0.2, 0) is 0 Å². The van der Waals surface area contributed by atoms with Gasteiger partial charge in [-0.15, -0.1) is 0 Å². The minimum Gasteiger partial charge on any atom is -0.490 e. The molecule has 0 aromatic heterocycles. The molecule has 16 heavy (non-hydrogen) atoms. The summed E-state index contributed by atoms with van der Waals surface area (Å²) in [5.41, 5.74) is 2.47. The monoisotopic (exact) mass is 283 g/mol. The van der Waals surface area contributed by atoms with Crippen LogP contribution in [0, 0.1) is 13.8 Å². The van der Waals surface area contributed by atoms with Gasteiger partial charge in [-0.1, -0.05) is 22.0 Å². The molecule has 88 valence electrons. The van der Waals surface area contributed by atoms with E-state index < -0.39 is 0 Å². The number of ether oxygens (including phenoxy) is 1. The highest BCUT2D eigenvalue weighted by Gasteiger charge is 2.16. The Balaban J connectivity index is 2.11. The van der Waals surface area contributed by atoms with Crippen molar-refractivity contribution in [3.05, 3.63) is 27.7 Å². The van der Waals surface area contributed by atoms with Gasteiger partial charge >= 0.3 is 0 Å². The fourth-order valence-electron chi connectivity index (χ4n) is 2.02. The highest BCUT2D eigenvalue weighted by Crippen LogP contribution is 2.30. The van der Waals surface area contributed by atoms with Gasteiger partial charge in [0.1, 0.15) is 11.9 Å². The largest absolute Gasteiger partial charge is 0.490 e. The van der Waals surface area contributed by atoms with Crippen LogP contribution in [0.25, 0.3) is 0 Å². The second-order valence-electron chi connectivity index (χ2n) is 4.39. The number of hydrogen-bond donors (Lipinski definition) is 1. The number of hydrogen-bond acceptors (Lipinski definition) is 2. The minimum absolute atomic E-state index is 0.370. The van der Waals surface area contributed by atoms with E-state index in [1.807, 2.05) is 0 Å². The summed E-state index contributed by atoms with van der Waals surface area (Å²) in [7, 11) is 0. The molecular weight excluding hydrogens is 266 g/mol. The molecule has 1 aromatic rings. The molecule has 3 heteroatoms. The maximum absolute atomic E-state index is 6.05. The van der Waals surface area contributed by atoms with Crippen molar-refractivity contribution in [2.45, 2.75) is 32.8 Å². The maximum Gasteiger partial charge on any atom is 0.123 e. The fourth-order valence-corrected chi connectivity index (χ4v) is 2.35. The van der Waals surface area contributed by atoms with Crippen molar-refractivity contribution in [3.63, 3.8) is 0 Å². The average molecular weight is 284 g/mol. The highest BCUT2D eigenvalue weighted by molar-refractivity contribution is 9.10. The van der Waals surface area contributed by atoms with Gasteiger partial charge in [0.25, 0.3) is 0 Å². The topological polar surface area (TPSA) is 21.3 Å². The van der Waals surface area contributed by atoms with E-state index in [-0.39, 0.29) is 0 Å². The molecule has 0 amide bonds. The van der Waals surface area contributed by atoms with Crippen LogP contribution >= 0.6 is 15.9 Å². The van der Waals surface area contributed by atoms with Crippen molar-refractivity contribution in [1.82, 2.24) is 5.32 Å². The normalized spacial score (nSPS) is 17.4. The smallest absolute Gasteiger partial charge is 0.123 e. The molecule has 1 N–H and O–H groups in total. The summed E-state index contributed by atoms with van der Waals surface area (Å²) in [4.78, 5) is 0. The Labute approximate surface area is 106 Å². The van der Waals surface area contributed by atoms with E-state index in [0.717, 1.165) is 31.7 Å². The van der Waals surface area contributed by atoms with E-state index in [0.29, 0.717) is 6.10 Å². The Kier molecular flexibility index (Phi) is 3.87. The summed E-state index contributed by atoms with van der Waals surface area (Å²) in [6, 6.07) is 4.19. The third kappa shape index (κ3) is 2.58. The molecule has 0 saturated carbocycles. The van der Waals surface area contributed by atoms with E-state index in [2.05, 4.69) is 47.2 Å². The first-order chi connectivity index (χ1) is 7.68. The Morgan fingerprint density at radius 2 is 1.94 bits per heavy atom. The predicted molar refractivity (Wildman–Crippen MR) is 70.1 cm³/mol. The van der Waals surface area contributed by atoms with Crippen LogP contribution in [-0.4, -0.2) is 19.2 Å². The summed E-state index contributed by atoms with van der Waals surface area (Å²) in [6.07, 6.45) is 2.57. The molecule has 1 saturated heterocycles. The van der Waals surface area contributed by atoms with Crippen LogP contribution in [0.2, 0.25) is 0 Å². The van der Waals surface area contributed by atoms with E-state index in [9.17, 15) is 0 Å². The van der Waals surface area contributed by atoms with Crippen molar-refractivity contribution in [2.75, 3.05) is 13.1 Å². The van der Waals surface area contributed by atoms with E-state index in [1.165, 1.54) is 15.6 Å². The van der Waals surface area contributed by atoms with E-state index in [1.54, 1.807) is 0 Å². The van der Waals surface area contributed by atoms with Gasteiger partial charge < -0.3 is 10.1 Å². The second kappa shape index (κ2) is 5.19. The average Bonchev–Trinajstić information content (AvgIpc) is 2.31. The van der Waals surface area contributed by atoms with Gasteiger partial charge in [-0.25, -0.2) is 0 Å². The van der Waals surface area contributed by atoms with E-state index >= 15 is 0 Å². The molecular formula is C13H18BrNO. The molecule has 2 rings (SSSR count). The lowest BCUT2D eigenvalue weighted by molar-refractivity contribution is 0.161. The molecule has 0 bridgehead atoms. The third-order valence-electron chi connectivity index (χ3n) is 3.11. The first-order valence-corrected chi connectivity index (χ1v) is 6.61. The number of rotatable bonds is 2. The highest BCUT2D eigenvalue weighted by atomic mass is 79.9. The summed E-state index contributed by atoms with van der Waals surface area (Å²) in [6.45, 7) is 6.34. The molecule has 2 nitrogen and oxygen atoms in total. The first-order valence-electron chi connectivity index (χ1n) is 5.81. The van der Waals surface area contributed by atoms with Gasteiger partial charge in [0.15, 0.2) is 0 Å². The molecule has 0 atom stereocenters. The lowest BCUT2D eigenvalue weighted by Gasteiger charge is -2.25. The molecule has 1 heterocycles. The van der Waals surface area contributed by atoms with Gasteiger partial charge in [0, 0.05) is 10.0 Å². The van der Waals surface area contributed by atoms with Crippen molar-refractivity contribution in [1.29, 1.82) is 0 Å². The van der Waals surface area contributed by atoms with E-state index in [4.69, 9.17) is 4.74 Å². The molecule has 0 aliphatic carbocycles. The lowest BCUT2D eigenvalue weighted by Crippen LogP contribution is -2.34. The zero-order valence-corrected chi connectivity index (χ0v) is 11.4. The summed E-state index contributed by atoms with van der Waals surface area (Å²) in [5, 5.41) is 3.35. The fraction of sp³-hybridized carbons (Fsp3) is 0.538. The lowest BCUT2D eigenvalue weighted by atomic mass is 10.1. The number of aryl methyl sites for hydroxylation is 1. The Bertz CT molecular complexity index is 372. The van der Waals surface area contributed by atoms with Crippen molar-refractivity contribution < 1.29 is 4.74 Å². The van der Waals surface area contributed by atoms with Gasteiger partial charge in [-0.05, 0) is 51.4 Å². The number of piperidine rings is 1. The van der Waals surface area contributed by atoms with Gasteiger partial charge in [0.2, 0.25) is 0 Å². The zero-order chi connectivity index (χ0) is 11.5. The van der Waals surface area contributed by atoms with Crippen molar-refractivity contribution in [3.8, 4) is 5.75 Å². The number of nitrogens with one attached hydrogen (secondary N) is 1. The first kappa shape index (κ1) is 11.9. The predicted octanol–water partition coefficient (Wildman–Crippen LogP) is 3.20. The molecule has 0 spiro atoms. The van der Waals surface area contributed by atoms with Crippen LogP contribution < -0.4 is 10.1 Å². The summed E-state index contributed by atoms with van der Waals surface area (Å²) < 4.78 is 7.22. The van der Waals surface area contributed by atoms with Gasteiger partial charge in [-0.2, -0.15) is 0 Å². The zero-order valence-electron chi connectivity index (χ0n) is 9.85. The maximum atomic E-state index is 6.05. The quantitative estimate of drug-likeness (QED) is 0.900. The molecule has 1 aliphatic rings. The molecule has 1 aliphatic heterocycles. The molecule has 0 unspecified atom stereocenters. The summed E-state index contributed by atoms with van der Waals surface area (Å²) >= 11 is 3.60. The summed E-state index contributed by atoms with van der Waals surface area (Å²) in [5.74, 6) is 1.02. The van der Waals surface area contributed by atoms with Crippen LogP contribution in [0.15, 0.2) is 16.6 Å². The SMILES string of the molecule is Cc1ccc(OC2CCNCC2)c(C)c1Br. The standard InChI is InChI=1S/C13H18BrNO/c1-9-3-4-12(10(2)13(9)14)16-11-5-7-15-8-6-11/h3-4,11,15H,5-8H2,1-2H3. The van der Waals surface area contributed by atoms with Crippen molar-refractivity contribution >= 4 is 15.9 Å². The Hall–Kier alpha value is -0.540. The third-order valence-corrected chi connectivity index (χ3v) is 4.33. The number of halogens is 1. The Morgan fingerprint density at radius 3 is 2.62 bits per heavy atom. The van der Waals surface area contributed by atoms with Crippen molar-refractivity contribution in [2.24, 2.45) is 0 Å². The molecule has 1 aromatic carbocycles. The molecule has 0 radical (unpaired) electrons. The molecule has 1 fully saturated rings.